The molecule has 0 bridgehead atoms. The van der Waals surface area contributed by atoms with Crippen LogP contribution in [0.5, 0.6) is 0 Å². The standard InChI is InChI=1S/C15H29N3O/c1-5-9-16-11-14(19)17-12-15(18(3)4)8-6-7-13(2)10-15/h5,13,16H,1,6-12H2,2-4H3,(H,17,19). The number of amides is 1. The summed E-state index contributed by atoms with van der Waals surface area (Å²) in [6, 6.07) is 0. The van der Waals surface area contributed by atoms with Crippen LogP contribution >= 0.6 is 0 Å². The molecule has 1 fully saturated rings. The summed E-state index contributed by atoms with van der Waals surface area (Å²) in [4.78, 5) is 14.1. The van der Waals surface area contributed by atoms with Crippen molar-refractivity contribution < 1.29 is 4.79 Å². The summed E-state index contributed by atoms with van der Waals surface area (Å²) in [6.07, 6.45) is 6.66. The lowest BCUT2D eigenvalue weighted by molar-refractivity contribution is -0.121. The third kappa shape index (κ3) is 4.96. The van der Waals surface area contributed by atoms with Crippen LogP contribution in [-0.2, 0) is 4.79 Å². The third-order valence-electron chi connectivity index (χ3n) is 4.21. The van der Waals surface area contributed by atoms with E-state index >= 15 is 0 Å². The van der Waals surface area contributed by atoms with Crippen molar-refractivity contribution in [2.75, 3.05) is 33.7 Å². The largest absolute Gasteiger partial charge is 0.353 e. The molecule has 0 saturated heterocycles. The first-order valence-corrected chi connectivity index (χ1v) is 7.26. The number of nitrogens with one attached hydrogen (secondary N) is 2. The normalized spacial score (nSPS) is 27.3. The average Bonchev–Trinajstić information content (AvgIpc) is 2.36. The molecule has 4 nitrogen and oxygen atoms in total. The molecule has 0 aromatic carbocycles. The molecule has 1 aliphatic rings. The van der Waals surface area contributed by atoms with Gasteiger partial charge in [0.2, 0.25) is 5.91 Å². The Morgan fingerprint density at radius 3 is 2.84 bits per heavy atom. The highest BCUT2D eigenvalue weighted by molar-refractivity contribution is 5.78. The molecule has 2 unspecified atom stereocenters. The molecule has 1 aliphatic carbocycles. The van der Waals surface area contributed by atoms with Gasteiger partial charge in [0.05, 0.1) is 6.54 Å². The first-order valence-electron chi connectivity index (χ1n) is 7.26. The molecule has 2 atom stereocenters. The third-order valence-corrected chi connectivity index (χ3v) is 4.21. The molecule has 0 radical (unpaired) electrons. The van der Waals surface area contributed by atoms with E-state index in [4.69, 9.17) is 0 Å². The summed E-state index contributed by atoms with van der Waals surface area (Å²) in [7, 11) is 4.25. The monoisotopic (exact) mass is 267 g/mol. The molecule has 4 heteroatoms. The molecule has 0 aromatic rings. The Kier molecular flexibility index (Phi) is 6.52. The van der Waals surface area contributed by atoms with Gasteiger partial charge in [-0.3, -0.25) is 4.79 Å². The fraction of sp³-hybridized carbons (Fsp3) is 0.800. The molecule has 110 valence electrons. The minimum absolute atomic E-state index is 0.0706. The quantitative estimate of drug-likeness (QED) is 0.541. The Bertz CT molecular complexity index is 304. The van der Waals surface area contributed by atoms with Crippen LogP contribution in [-0.4, -0.2) is 50.1 Å². The lowest BCUT2D eigenvalue weighted by Crippen LogP contribution is -2.55. The van der Waals surface area contributed by atoms with Crippen molar-refractivity contribution in [3.8, 4) is 0 Å². The lowest BCUT2D eigenvalue weighted by atomic mass is 9.75. The van der Waals surface area contributed by atoms with E-state index in [2.05, 4.69) is 43.1 Å². The highest BCUT2D eigenvalue weighted by Gasteiger charge is 2.36. The minimum Gasteiger partial charge on any atom is -0.353 e. The second-order valence-corrected chi connectivity index (χ2v) is 6.02. The number of likely N-dealkylation sites (N-methyl/N-ethyl adjacent to an activating group) is 1. The molecule has 1 rings (SSSR count). The topological polar surface area (TPSA) is 44.4 Å². The predicted molar refractivity (Wildman–Crippen MR) is 80.1 cm³/mol. The van der Waals surface area contributed by atoms with Crippen LogP contribution in [0.25, 0.3) is 0 Å². The number of rotatable bonds is 7. The summed E-state index contributed by atoms with van der Waals surface area (Å²) in [6.45, 7) is 7.71. The Balaban J connectivity index is 2.45. The maximum absolute atomic E-state index is 11.8. The zero-order valence-corrected chi connectivity index (χ0v) is 12.7. The maximum atomic E-state index is 11.8. The predicted octanol–water partition coefficient (Wildman–Crippen LogP) is 1.39. The molecule has 0 heterocycles. The molecule has 1 saturated carbocycles. The molecular weight excluding hydrogens is 238 g/mol. The van der Waals surface area contributed by atoms with Gasteiger partial charge in [0.15, 0.2) is 0 Å². The van der Waals surface area contributed by atoms with Crippen molar-refractivity contribution in [2.45, 2.75) is 38.1 Å². The number of hydrogen-bond donors (Lipinski definition) is 2. The van der Waals surface area contributed by atoms with Gasteiger partial charge in [0.1, 0.15) is 0 Å². The number of carbonyl (C=O) groups excluding carboxylic acids is 1. The maximum Gasteiger partial charge on any atom is 0.234 e. The summed E-state index contributed by atoms with van der Waals surface area (Å²) in [5.41, 5.74) is 0.131. The number of carbonyl (C=O) groups is 1. The Morgan fingerprint density at radius 2 is 2.26 bits per heavy atom. The van der Waals surface area contributed by atoms with E-state index in [1.165, 1.54) is 25.7 Å². The van der Waals surface area contributed by atoms with Crippen molar-refractivity contribution in [3.05, 3.63) is 12.7 Å². The van der Waals surface area contributed by atoms with Crippen LogP contribution in [0.3, 0.4) is 0 Å². The van der Waals surface area contributed by atoms with Crippen molar-refractivity contribution >= 4 is 5.91 Å². The zero-order valence-electron chi connectivity index (χ0n) is 12.7. The zero-order chi connectivity index (χ0) is 14.3. The van der Waals surface area contributed by atoms with Gasteiger partial charge < -0.3 is 15.5 Å². The van der Waals surface area contributed by atoms with E-state index in [1.54, 1.807) is 6.08 Å². The van der Waals surface area contributed by atoms with E-state index in [0.29, 0.717) is 13.1 Å². The van der Waals surface area contributed by atoms with E-state index in [0.717, 1.165) is 12.5 Å². The van der Waals surface area contributed by atoms with Crippen molar-refractivity contribution in [1.29, 1.82) is 0 Å². The van der Waals surface area contributed by atoms with Gasteiger partial charge in [-0.25, -0.2) is 0 Å². The van der Waals surface area contributed by atoms with Crippen molar-refractivity contribution in [1.82, 2.24) is 15.5 Å². The average molecular weight is 267 g/mol. The molecular formula is C15H29N3O. The van der Waals surface area contributed by atoms with E-state index < -0.39 is 0 Å². The summed E-state index contributed by atoms with van der Waals surface area (Å²) in [5, 5.41) is 6.11. The van der Waals surface area contributed by atoms with Crippen molar-refractivity contribution in [3.63, 3.8) is 0 Å². The lowest BCUT2D eigenvalue weighted by Gasteiger charge is -2.45. The minimum atomic E-state index is 0.0706. The highest BCUT2D eigenvalue weighted by Crippen LogP contribution is 2.35. The molecule has 0 aliphatic heterocycles. The van der Waals surface area contributed by atoms with Crippen LogP contribution in [0.2, 0.25) is 0 Å². The van der Waals surface area contributed by atoms with Gasteiger partial charge in [-0.05, 0) is 32.9 Å². The Morgan fingerprint density at radius 1 is 1.53 bits per heavy atom. The van der Waals surface area contributed by atoms with Crippen LogP contribution in [0.15, 0.2) is 12.7 Å². The molecule has 0 spiro atoms. The van der Waals surface area contributed by atoms with E-state index in [9.17, 15) is 4.79 Å². The highest BCUT2D eigenvalue weighted by atomic mass is 16.1. The van der Waals surface area contributed by atoms with Crippen LogP contribution in [0.4, 0.5) is 0 Å². The fourth-order valence-corrected chi connectivity index (χ4v) is 2.97. The molecule has 0 aromatic heterocycles. The molecule has 2 N–H and O–H groups in total. The van der Waals surface area contributed by atoms with Crippen LogP contribution < -0.4 is 10.6 Å². The second-order valence-electron chi connectivity index (χ2n) is 6.02. The van der Waals surface area contributed by atoms with Crippen LogP contribution in [0.1, 0.15) is 32.6 Å². The number of hydrogen-bond acceptors (Lipinski definition) is 3. The van der Waals surface area contributed by atoms with Gasteiger partial charge in [-0.2, -0.15) is 0 Å². The van der Waals surface area contributed by atoms with Gasteiger partial charge in [-0.15, -0.1) is 6.58 Å². The summed E-state index contributed by atoms with van der Waals surface area (Å²) >= 11 is 0. The van der Waals surface area contributed by atoms with Gasteiger partial charge in [0, 0.05) is 18.6 Å². The smallest absolute Gasteiger partial charge is 0.234 e. The summed E-state index contributed by atoms with van der Waals surface area (Å²) in [5.74, 6) is 0.813. The summed E-state index contributed by atoms with van der Waals surface area (Å²) < 4.78 is 0. The van der Waals surface area contributed by atoms with Gasteiger partial charge >= 0.3 is 0 Å². The van der Waals surface area contributed by atoms with Crippen molar-refractivity contribution in [2.24, 2.45) is 5.92 Å². The SMILES string of the molecule is C=CCNCC(=O)NCC1(N(C)C)CCCC(C)C1. The molecule has 1 amide bonds. The molecule has 19 heavy (non-hydrogen) atoms. The Labute approximate surface area is 117 Å². The first kappa shape index (κ1) is 16.2. The fourth-order valence-electron chi connectivity index (χ4n) is 2.97. The Hall–Kier alpha value is -0.870. The number of nitrogens with zero attached hydrogens (tertiary/aromatic N) is 1. The first-order chi connectivity index (χ1) is 9.00. The van der Waals surface area contributed by atoms with E-state index in [1.807, 2.05) is 0 Å². The van der Waals surface area contributed by atoms with E-state index in [-0.39, 0.29) is 11.4 Å². The van der Waals surface area contributed by atoms with Gasteiger partial charge in [-0.1, -0.05) is 25.8 Å². The van der Waals surface area contributed by atoms with Crippen LogP contribution in [0, 0.1) is 5.92 Å². The van der Waals surface area contributed by atoms with Gasteiger partial charge in [0.25, 0.3) is 0 Å². The second kappa shape index (κ2) is 7.65.